The first-order valence-corrected chi connectivity index (χ1v) is 10.0. The number of ether oxygens (including phenoxy) is 1. The normalized spacial score (nSPS) is 11.9. The first kappa shape index (κ1) is 16.4. The lowest BCUT2D eigenvalue weighted by molar-refractivity contribution is 0.0593. The molecule has 1 aromatic rings. The zero-order valence-electron chi connectivity index (χ0n) is 12.6. The Kier molecular flexibility index (Phi) is 5.05. The Morgan fingerprint density at radius 2 is 2.05 bits per heavy atom. The molecule has 0 atom stereocenters. The third kappa shape index (κ3) is 3.66. The lowest BCUT2D eigenvalue weighted by atomic mass is 10.1. The van der Waals surface area contributed by atoms with Crippen molar-refractivity contribution < 1.29 is 13.9 Å². The van der Waals surface area contributed by atoms with E-state index in [1.807, 2.05) is 5.70 Å². The summed E-state index contributed by atoms with van der Waals surface area (Å²) in [6, 6.07) is 0. The molecule has 0 amide bonds. The van der Waals surface area contributed by atoms with E-state index in [1.54, 1.807) is 13.0 Å². The number of aryl methyl sites for hydroxylation is 1. The van der Waals surface area contributed by atoms with Crippen molar-refractivity contribution in [3.8, 4) is 0 Å². The van der Waals surface area contributed by atoms with Crippen LogP contribution in [0.3, 0.4) is 0 Å². The maximum absolute atomic E-state index is 14.1. The Labute approximate surface area is 119 Å². The molecule has 1 aromatic heterocycles. The molecule has 0 aromatic carbocycles. The largest absolute Gasteiger partial charge is 0.464 e. The summed E-state index contributed by atoms with van der Waals surface area (Å²) < 4.78 is 18.8. The van der Waals surface area contributed by atoms with Crippen molar-refractivity contribution in [2.45, 2.75) is 33.0 Å². The van der Waals surface area contributed by atoms with Crippen LogP contribution in [0.25, 0.3) is 6.08 Å². The fraction of sp³-hybridized carbons (Fsp3) is 0.429. The molecule has 2 N–H and O–H groups in total. The lowest BCUT2D eigenvalue weighted by Gasteiger charge is -2.13. The second kappa shape index (κ2) is 6.17. The molecule has 20 heavy (non-hydrogen) atoms. The predicted octanol–water partition coefficient (Wildman–Crippen LogP) is 3.04. The first-order chi connectivity index (χ1) is 9.21. The highest BCUT2D eigenvalue weighted by Gasteiger charge is 2.21. The number of carbonyl (C=O) groups is 1. The van der Waals surface area contributed by atoms with E-state index in [-0.39, 0.29) is 17.1 Å². The number of carbonyl (C=O) groups excluding carboxylic acids is 1. The van der Waals surface area contributed by atoms with Gasteiger partial charge in [0, 0.05) is 5.56 Å². The number of hydrogen-bond acceptors (Lipinski definition) is 4. The van der Waals surface area contributed by atoms with Crippen molar-refractivity contribution in [2.75, 3.05) is 12.8 Å². The van der Waals surface area contributed by atoms with Crippen LogP contribution >= 0.6 is 0 Å². The van der Waals surface area contributed by atoms with Gasteiger partial charge in [0.15, 0.2) is 11.5 Å². The van der Waals surface area contributed by atoms with Crippen LogP contribution in [-0.2, 0) is 11.2 Å². The molecule has 1 rings (SSSR count). The van der Waals surface area contributed by atoms with E-state index < -0.39 is 19.9 Å². The van der Waals surface area contributed by atoms with Gasteiger partial charge in [0.2, 0.25) is 0 Å². The quantitative estimate of drug-likeness (QED) is 0.685. The minimum absolute atomic E-state index is 0.0493. The van der Waals surface area contributed by atoms with E-state index >= 15 is 0 Å². The van der Waals surface area contributed by atoms with Gasteiger partial charge in [0.05, 0.1) is 26.6 Å². The highest BCUT2D eigenvalue weighted by molar-refractivity contribution is 6.81. The number of nitrogen functional groups attached to an aromatic ring is 1. The smallest absolute Gasteiger partial charge is 0.357 e. The molecule has 0 aliphatic carbocycles. The fourth-order valence-corrected chi connectivity index (χ4v) is 2.30. The molecule has 4 nitrogen and oxygen atoms in total. The van der Waals surface area contributed by atoms with Crippen LogP contribution in [0, 0.1) is 5.82 Å². The monoisotopic (exact) mass is 296 g/mol. The summed E-state index contributed by atoms with van der Waals surface area (Å²) in [5.74, 6) is -1.17. The van der Waals surface area contributed by atoms with Gasteiger partial charge < -0.3 is 10.5 Å². The van der Waals surface area contributed by atoms with Crippen LogP contribution in [0.2, 0.25) is 19.6 Å². The Balaban J connectivity index is 3.51. The number of methoxy groups -OCH3 is 1. The number of hydrogen-bond donors (Lipinski definition) is 1. The van der Waals surface area contributed by atoms with Crippen LogP contribution in [0.4, 0.5) is 10.1 Å². The molecule has 0 radical (unpaired) electrons. The van der Waals surface area contributed by atoms with E-state index in [4.69, 9.17) is 10.5 Å². The van der Waals surface area contributed by atoms with Gasteiger partial charge in [-0.2, -0.15) is 0 Å². The zero-order valence-corrected chi connectivity index (χ0v) is 13.6. The number of halogens is 1. The third-order valence-corrected chi connectivity index (χ3v) is 3.91. The van der Waals surface area contributed by atoms with Crippen molar-refractivity contribution in [3.63, 3.8) is 0 Å². The summed E-state index contributed by atoms with van der Waals surface area (Å²) in [5.41, 5.74) is 8.30. The van der Waals surface area contributed by atoms with Gasteiger partial charge in [-0.1, -0.05) is 38.3 Å². The van der Waals surface area contributed by atoms with Crippen LogP contribution < -0.4 is 5.73 Å². The van der Waals surface area contributed by atoms with E-state index in [2.05, 4.69) is 24.6 Å². The van der Waals surface area contributed by atoms with Crippen LogP contribution in [0.5, 0.6) is 0 Å². The minimum Gasteiger partial charge on any atom is -0.464 e. The van der Waals surface area contributed by atoms with E-state index in [0.717, 1.165) is 0 Å². The van der Waals surface area contributed by atoms with E-state index in [9.17, 15) is 9.18 Å². The van der Waals surface area contributed by atoms with Gasteiger partial charge in [0.25, 0.3) is 0 Å². The van der Waals surface area contributed by atoms with Crippen molar-refractivity contribution in [3.05, 3.63) is 28.5 Å². The first-order valence-electron chi connectivity index (χ1n) is 6.46. The number of nitrogens with two attached hydrogens (primary N) is 1. The molecule has 0 spiro atoms. The summed E-state index contributed by atoms with van der Waals surface area (Å²) in [5, 5.41) is 0. The van der Waals surface area contributed by atoms with Gasteiger partial charge in [-0.3, -0.25) is 0 Å². The molecule has 6 heteroatoms. The number of anilines is 1. The van der Waals surface area contributed by atoms with Gasteiger partial charge in [-0.15, -0.1) is 0 Å². The van der Waals surface area contributed by atoms with Crippen molar-refractivity contribution in [2.24, 2.45) is 0 Å². The Bertz CT molecular complexity index is 551. The number of nitrogens with zero attached hydrogens (tertiary/aromatic N) is 1. The number of aromatic nitrogens is 1. The average molecular weight is 296 g/mol. The Morgan fingerprint density at radius 3 is 2.50 bits per heavy atom. The van der Waals surface area contributed by atoms with Crippen LogP contribution in [-0.4, -0.2) is 26.1 Å². The van der Waals surface area contributed by atoms with Crippen molar-refractivity contribution in [1.82, 2.24) is 4.98 Å². The predicted molar refractivity (Wildman–Crippen MR) is 81.7 cm³/mol. The molecule has 0 saturated heterocycles. The lowest BCUT2D eigenvalue weighted by Crippen LogP contribution is -2.17. The second-order valence-corrected chi connectivity index (χ2v) is 10.7. The van der Waals surface area contributed by atoms with Crippen LogP contribution in [0.15, 0.2) is 5.70 Å². The Hall–Kier alpha value is -1.69. The topological polar surface area (TPSA) is 65.2 Å². The van der Waals surface area contributed by atoms with E-state index in [1.165, 1.54) is 7.11 Å². The van der Waals surface area contributed by atoms with E-state index in [0.29, 0.717) is 12.0 Å². The molecule has 110 valence electrons. The molecular weight excluding hydrogens is 275 g/mol. The second-order valence-electron chi connectivity index (χ2n) is 5.59. The van der Waals surface area contributed by atoms with Crippen molar-refractivity contribution >= 4 is 25.8 Å². The number of esters is 1. The highest BCUT2D eigenvalue weighted by atomic mass is 28.3. The highest BCUT2D eigenvalue weighted by Crippen LogP contribution is 2.25. The molecule has 0 saturated carbocycles. The third-order valence-electron chi connectivity index (χ3n) is 2.75. The summed E-state index contributed by atoms with van der Waals surface area (Å²) >= 11 is 0. The minimum atomic E-state index is -1.51. The fourth-order valence-electron chi connectivity index (χ4n) is 1.63. The molecule has 0 aliphatic heterocycles. The number of pyridine rings is 1. The standard InChI is InChI=1S/C14H21FN2O2Si/c1-6-10-11(15)12(16)9(7-8-20(3,4)5)13(17-10)14(18)19-2/h7-8H,6H2,1-5H3,(H2,16,17)/b8-7+. The number of rotatable bonds is 4. The van der Waals surface area contributed by atoms with Gasteiger partial charge in [-0.25, -0.2) is 14.2 Å². The summed E-state index contributed by atoms with van der Waals surface area (Å²) in [7, 11) is -0.244. The average Bonchev–Trinajstić information content (AvgIpc) is 2.38. The SMILES string of the molecule is CCc1nc(C(=O)OC)c(/C=C/[Si](C)(C)C)c(N)c1F. The van der Waals surface area contributed by atoms with Gasteiger partial charge >= 0.3 is 5.97 Å². The summed E-state index contributed by atoms with van der Waals surface area (Å²) in [6.45, 7) is 8.13. The van der Waals surface area contributed by atoms with Crippen LogP contribution in [0.1, 0.15) is 28.7 Å². The molecule has 1 heterocycles. The zero-order chi connectivity index (χ0) is 15.5. The molecule has 0 bridgehead atoms. The summed E-state index contributed by atoms with van der Waals surface area (Å²) in [6.07, 6.45) is 2.04. The molecule has 0 fully saturated rings. The Morgan fingerprint density at radius 1 is 1.45 bits per heavy atom. The van der Waals surface area contributed by atoms with Gasteiger partial charge in [0.1, 0.15) is 0 Å². The van der Waals surface area contributed by atoms with Crippen molar-refractivity contribution in [1.29, 1.82) is 0 Å². The maximum Gasteiger partial charge on any atom is 0.357 e. The summed E-state index contributed by atoms with van der Waals surface area (Å²) in [4.78, 5) is 15.9. The maximum atomic E-state index is 14.1. The molecular formula is C14H21FN2O2Si. The molecule has 0 aliphatic rings. The molecule has 0 unspecified atom stereocenters. The van der Waals surface area contributed by atoms with Gasteiger partial charge in [-0.05, 0) is 6.42 Å².